The van der Waals surface area contributed by atoms with Gasteiger partial charge in [0.25, 0.3) is 0 Å². The maximum Gasteiger partial charge on any atom is 0.134 e. The van der Waals surface area contributed by atoms with E-state index in [2.05, 4.69) is 27.9 Å². The maximum absolute atomic E-state index is 13.9. The predicted molar refractivity (Wildman–Crippen MR) is 78.9 cm³/mol. The van der Waals surface area contributed by atoms with Crippen LogP contribution >= 0.6 is 33.9 Å². The molecule has 1 heterocycles. The Hall–Kier alpha value is -0.600. The van der Waals surface area contributed by atoms with Crippen molar-refractivity contribution in [3.8, 4) is 0 Å². The van der Waals surface area contributed by atoms with Crippen LogP contribution in [-0.4, -0.2) is 6.54 Å². The minimum atomic E-state index is -0.908. The topological polar surface area (TPSA) is 12.0 Å². The highest BCUT2D eigenvalue weighted by atomic mass is 127. The molecule has 0 aliphatic rings. The Balaban J connectivity index is 2.51. The Morgan fingerprint density at radius 1 is 1.21 bits per heavy atom. The number of rotatable bonds is 4. The van der Waals surface area contributed by atoms with Crippen molar-refractivity contribution in [1.29, 1.82) is 0 Å². The van der Waals surface area contributed by atoms with Gasteiger partial charge < -0.3 is 5.32 Å². The molecule has 0 bridgehead atoms. The average molecular weight is 397 g/mol. The first kappa shape index (κ1) is 14.8. The Bertz CT molecular complexity index is 562. The molecule has 2 aromatic rings. The van der Waals surface area contributed by atoms with Gasteiger partial charge in [-0.1, -0.05) is 6.92 Å². The number of halogens is 4. The molecule has 0 spiro atoms. The molecule has 6 heteroatoms. The summed E-state index contributed by atoms with van der Waals surface area (Å²) in [5.41, 5.74) is 0.637. The Kier molecular flexibility index (Phi) is 4.86. The molecule has 1 nitrogen and oxygen atoms in total. The van der Waals surface area contributed by atoms with Crippen LogP contribution in [0.15, 0.2) is 23.6 Å². The first-order valence-electron chi connectivity index (χ1n) is 5.64. The van der Waals surface area contributed by atoms with Crippen LogP contribution in [0.3, 0.4) is 0 Å². The Morgan fingerprint density at radius 2 is 1.84 bits per heavy atom. The van der Waals surface area contributed by atoms with Gasteiger partial charge in [0.05, 0.1) is 8.93 Å². The quantitative estimate of drug-likeness (QED) is 0.751. The van der Waals surface area contributed by atoms with Crippen molar-refractivity contribution in [2.75, 3.05) is 6.54 Å². The van der Waals surface area contributed by atoms with Gasteiger partial charge in [-0.2, -0.15) is 0 Å². The molecule has 1 aromatic heterocycles. The van der Waals surface area contributed by atoms with E-state index in [9.17, 15) is 13.2 Å². The second-order valence-corrected chi connectivity index (χ2v) is 6.76. The highest BCUT2D eigenvalue weighted by molar-refractivity contribution is 14.1. The van der Waals surface area contributed by atoms with Gasteiger partial charge in [0.1, 0.15) is 17.5 Å². The predicted octanol–water partition coefficient (Wildman–Crippen LogP) is 4.47. The molecule has 1 atom stereocenters. The SMILES string of the molecule is CCNC(c1csc(I)c1)c1c(F)cc(F)cc1F. The molecule has 0 saturated carbocycles. The summed E-state index contributed by atoms with van der Waals surface area (Å²) in [5.74, 6) is -2.65. The third-order valence-electron chi connectivity index (χ3n) is 2.66. The van der Waals surface area contributed by atoms with Crippen molar-refractivity contribution in [1.82, 2.24) is 5.32 Å². The number of nitrogens with one attached hydrogen (secondary N) is 1. The van der Waals surface area contributed by atoms with E-state index < -0.39 is 23.5 Å². The van der Waals surface area contributed by atoms with Crippen molar-refractivity contribution < 1.29 is 13.2 Å². The molecule has 1 unspecified atom stereocenters. The second kappa shape index (κ2) is 6.23. The zero-order valence-electron chi connectivity index (χ0n) is 10.0. The van der Waals surface area contributed by atoms with E-state index in [0.717, 1.165) is 8.45 Å². The molecule has 1 N–H and O–H groups in total. The Morgan fingerprint density at radius 3 is 2.32 bits per heavy atom. The van der Waals surface area contributed by atoms with Crippen molar-refractivity contribution in [2.24, 2.45) is 0 Å². The molecular weight excluding hydrogens is 386 g/mol. The smallest absolute Gasteiger partial charge is 0.134 e. The number of thiophene rings is 1. The molecule has 0 saturated heterocycles. The minimum Gasteiger partial charge on any atom is -0.306 e. The highest BCUT2D eigenvalue weighted by Crippen LogP contribution is 2.31. The zero-order chi connectivity index (χ0) is 14.0. The largest absolute Gasteiger partial charge is 0.306 e. The number of hydrogen-bond acceptors (Lipinski definition) is 2. The number of benzene rings is 1. The van der Waals surface area contributed by atoms with Crippen LogP contribution in [0, 0.1) is 20.3 Å². The lowest BCUT2D eigenvalue weighted by atomic mass is 10.00. The molecular formula is C13H11F3INS. The van der Waals surface area contributed by atoms with Gasteiger partial charge in [-0.15, -0.1) is 11.3 Å². The molecule has 2 rings (SSSR count). The molecule has 19 heavy (non-hydrogen) atoms. The lowest BCUT2D eigenvalue weighted by molar-refractivity contribution is 0.492. The van der Waals surface area contributed by atoms with E-state index in [0.29, 0.717) is 18.7 Å². The second-order valence-electron chi connectivity index (χ2n) is 3.96. The monoisotopic (exact) mass is 397 g/mol. The van der Waals surface area contributed by atoms with Crippen molar-refractivity contribution in [3.05, 3.63) is 55.0 Å². The fourth-order valence-electron chi connectivity index (χ4n) is 1.89. The third-order valence-corrected chi connectivity index (χ3v) is 4.47. The van der Waals surface area contributed by atoms with Gasteiger partial charge in [-0.05, 0) is 46.1 Å². The molecule has 1 aromatic carbocycles. The van der Waals surface area contributed by atoms with E-state index in [-0.39, 0.29) is 5.56 Å². The van der Waals surface area contributed by atoms with Crippen LogP contribution in [0.5, 0.6) is 0 Å². The molecule has 0 aliphatic carbocycles. The standard InChI is InChI=1S/C13H11F3INS/c1-2-18-13(7-3-11(17)19-6-7)12-9(15)4-8(14)5-10(12)16/h3-6,13,18H,2H2,1H3. The highest BCUT2D eigenvalue weighted by Gasteiger charge is 2.23. The lowest BCUT2D eigenvalue weighted by Crippen LogP contribution is -2.24. The zero-order valence-corrected chi connectivity index (χ0v) is 13.0. The van der Waals surface area contributed by atoms with E-state index in [4.69, 9.17) is 0 Å². The number of hydrogen-bond donors (Lipinski definition) is 1. The van der Waals surface area contributed by atoms with Gasteiger partial charge in [-0.25, -0.2) is 13.2 Å². The first-order valence-corrected chi connectivity index (χ1v) is 7.60. The van der Waals surface area contributed by atoms with Crippen LogP contribution in [0.25, 0.3) is 0 Å². The maximum atomic E-state index is 13.9. The minimum absolute atomic E-state index is 0.141. The summed E-state index contributed by atoms with van der Waals surface area (Å²) in [6, 6.07) is 2.67. The van der Waals surface area contributed by atoms with Crippen LogP contribution in [0.2, 0.25) is 0 Å². The van der Waals surface area contributed by atoms with Gasteiger partial charge in [-0.3, -0.25) is 0 Å². The molecule has 0 aliphatic heterocycles. The van der Waals surface area contributed by atoms with Crippen molar-refractivity contribution >= 4 is 33.9 Å². The summed E-state index contributed by atoms with van der Waals surface area (Å²) >= 11 is 3.64. The lowest BCUT2D eigenvalue weighted by Gasteiger charge is -2.18. The summed E-state index contributed by atoms with van der Waals surface area (Å²) in [4.78, 5) is 0. The summed E-state index contributed by atoms with van der Waals surface area (Å²) in [6.45, 7) is 2.40. The molecule has 0 radical (unpaired) electrons. The summed E-state index contributed by atoms with van der Waals surface area (Å²) in [6.07, 6.45) is 0. The van der Waals surface area contributed by atoms with Crippen LogP contribution < -0.4 is 5.32 Å². The normalized spacial score (nSPS) is 12.7. The van der Waals surface area contributed by atoms with Crippen LogP contribution in [0.4, 0.5) is 13.2 Å². The van der Waals surface area contributed by atoms with Gasteiger partial charge in [0, 0.05) is 17.7 Å². The van der Waals surface area contributed by atoms with E-state index in [1.54, 1.807) is 0 Å². The summed E-state index contributed by atoms with van der Waals surface area (Å²) in [5, 5.41) is 4.88. The van der Waals surface area contributed by atoms with Gasteiger partial charge >= 0.3 is 0 Å². The molecule has 102 valence electrons. The third kappa shape index (κ3) is 3.29. The van der Waals surface area contributed by atoms with Crippen LogP contribution in [0.1, 0.15) is 24.1 Å². The fraction of sp³-hybridized carbons (Fsp3) is 0.231. The van der Waals surface area contributed by atoms with E-state index >= 15 is 0 Å². The Labute approximate surface area is 127 Å². The summed E-state index contributed by atoms with van der Waals surface area (Å²) in [7, 11) is 0. The summed E-state index contributed by atoms with van der Waals surface area (Å²) < 4.78 is 41.7. The average Bonchev–Trinajstić information content (AvgIpc) is 2.73. The van der Waals surface area contributed by atoms with Crippen molar-refractivity contribution in [2.45, 2.75) is 13.0 Å². The fourth-order valence-corrected chi connectivity index (χ4v) is 3.29. The van der Waals surface area contributed by atoms with Crippen molar-refractivity contribution in [3.63, 3.8) is 0 Å². The van der Waals surface area contributed by atoms with E-state index in [1.165, 1.54) is 11.3 Å². The van der Waals surface area contributed by atoms with Crippen LogP contribution in [-0.2, 0) is 0 Å². The first-order chi connectivity index (χ1) is 9.02. The van der Waals surface area contributed by atoms with Gasteiger partial charge in [0.15, 0.2) is 0 Å². The van der Waals surface area contributed by atoms with Gasteiger partial charge in [0.2, 0.25) is 0 Å². The van der Waals surface area contributed by atoms with E-state index in [1.807, 2.05) is 18.4 Å². The molecule has 0 amide bonds. The molecule has 0 fully saturated rings.